The average Bonchev–Trinajstić information content (AvgIpc) is 2.03. The van der Waals surface area contributed by atoms with Gasteiger partial charge >= 0.3 is 0 Å². The molecule has 0 aliphatic rings. The summed E-state index contributed by atoms with van der Waals surface area (Å²) in [6, 6.07) is 7.54. The van der Waals surface area contributed by atoms with Gasteiger partial charge in [0.05, 0.1) is 0 Å². The largest absolute Gasteiger partial charge is 0.306 e. The summed E-state index contributed by atoms with van der Waals surface area (Å²) in [5.74, 6) is 0.326. The molecule has 0 radical (unpaired) electrons. The molecule has 4 heteroatoms. The van der Waals surface area contributed by atoms with E-state index in [4.69, 9.17) is 16.2 Å². The lowest BCUT2D eigenvalue weighted by Gasteiger charge is -1.99. The Morgan fingerprint density at radius 2 is 2.23 bits per heavy atom. The van der Waals surface area contributed by atoms with Gasteiger partial charge in [0.1, 0.15) is 0 Å². The smallest absolute Gasteiger partial charge is 0.152 e. The van der Waals surface area contributed by atoms with Gasteiger partial charge in [-0.1, -0.05) is 23.7 Å². The minimum Gasteiger partial charge on any atom is -0.306 e. The van der Waals surface area contributed by atoms with Crippen LogP contribution in [-0.4, -0.2) is 14.5 Å². The summed E-state index contributed by atoms with van der Waals surface area (Å²) in [6.07, 6.45) is 1.51. The first-order valence-corrected chi connectivity index (χ1v) is 5.66. The Labute approximate surface area is 85.2 Å². The molecule has 1 aromatic rings. The van der Waals surface area contributed by atoms with Crippen LogP contribution in [0.15, 0.2) is 24.3 Å². The molecule has 2 nitrogen and oxygen atoms in total. The highest BCUT2D eigenvalue weighted by molar-refractivity contribution is 7.79. The number of hydrogen-bond donors (Lipinski definition) is 1. The first-order valence-electron chi connectivity index (χ1n) is 4.00. The Morgan fingerprint density at radius 1 is 1.46 bits per heavy atom. The molecule has 0 saturated carbocycles. The molecular weight excluding hydrogens is 208 g/mol. The molecule has 0 aliphatic carbocycles. The van der Waals surface area contributed by atoms with Crippen LogP contribution < -0.4 is 0 Å². The van der Waals surface area contributed by atoms with Gasteiger partial charge < -0.3 is 4.55 Å². The minimum atomic E-state index is -1.68. The van der Waals surface area contributed by atoms with Gasteiger partial charge in [-0.05, 0) is 30.5 Å². The van der Waals surface area contributed by atoms with E-state index in [0.29, 0.717) is 17.2 Å². The van der Waals surface area contributed by atoms with E-state index in [9.17, 15) is 4.21 Å². The van der Waals surface area contributed by atoms with E-state index in [1.807, 2.05) is 24.3 Å². The summed E-state index contributed by atoms with van der Waals surface area (Å²) in [6.45, 7) is 0. The van der Waals surface area contributed by atoms with Gasteiger partial charge in [0.2, 0.25) is 0 Å². The molecule has 0 heterocycles. The van der Waals surface area contributed by atoms with Gasteiger partial charge in [0.15, 0.2) is 11.1 Å². The second-order valence-electron chi connectivity index (χ2n) is 2.76. The normalized spacial score (nSPS) is 12.8. The lowest BCUT2D eigenvalue weighted by molar-refractivity contribution is 0.561. The number of hydrogen-bond acceptors (Lipinski definition) is 1. The Kier molecular flexibility index (Phi) is 4.42. The Bertz CT molecular complexity index is 301. The van der Waals surface area contributed by atoms with Gasteiger partial charge in [-0.2, -0.15) is 0 Å². The lowest BCUT2D eigenvalue weighted by atomic mass is 10.1. The van der Waals surface area contributed by atoms with Crippen molar-refractivity contribution in [1.29, 1.82) is 0 Å². The van der Waals surface area contributed by atoms with Crippen LogP contribution in [-0.2, 0) is 17.5 Å². The van der Waals surface area contributed by atoms with Crippen LogP contribution in [0.25, 0.3) is 0 Å². The summed E-state index contributed by atoms with van der Waals surface area (Å²) >= 11 is 4.10. The van der Waals surface area contributed by atoms with Crippen LogP contribution in [0.5, 0.6) is 0 Å². The third kappa shape index (κ3) is 4.41. The zero-order valence-electron chi connectivity index (χ0n) is 7.07. The van der Waals surface area contributed by atoms with Crippen LogP contribution in [0.2, 0.25) is 5.02 Å². The topological polar surface area (TPSA) is 37.3 Å². The van der Waals surface area contributed by atoms with Gasteiger partial charge in [-0.25, -0.2) is 4.21 Å². The Hall–Kier alpha value is -0.380. The summed E-state index contributed by atoms with van der Waals surface area (Å²) in [7, 11) is 0. The molecule has 13 heavy (non-hydrogen) atoms. The van der Waals surface area contributed by atoms with Crippen molar-refractivity contribution >= 4 is 22.7 Å². The molecule has 1 unspecified atom stereocenters. The summed E-state index contributed by atoms with van der Waals surface area (Å²) in [5, 5.41) is 0.711. The van der Waals surface area contributed by atoms with E-state index in [2.05, 4.69) is 0 Å². The maximum atomic E-state index is 10.3. The average molecular weight is 219 g/mol. The number of halogens is 1. The monoisotopic (exact) mass is 218 g/mol. The number of rotatable bonds is 4. The number of aryl methyl sites for hydroxylation is 1. The van der Waals surface area contributed by atoms with E-state index in [1.54, 1.807) is 0 Å². The first-order chi connectivity index (χ1) is 6.18. The van der Waals surface area contributed by atoms with Crippen molar-refractivity contribution in [2.75, 3.05) is 5.75 Å². The van der Waals surface area contributed by atoms with Gasteiger partial charge in [0.25, 0.3) is 0 Å². The molecule has 0 aliphatic heterocycles. The lowest BCUT2D eigenvalue weighted by Crippen LogP contribution is -1.96. The fourth-order valence-electron chi connectivity index (χ4n) is 1.09. The quantitative estimate of drug-likeness (QED) is 0.789. The standard InChI is InChI=1S/C9H11ClO2S/c10-9-5-1-3-8(7-9)4-2-6-13(11)12/h1,3,5,7H,2,4,6H2,(H,11,12). The maximum Gasteiger partial charge on any atom is 0.152 e. The third-order valence-electron chi connectivity index (χ3n) is 1.67. The SMILES string of the molecule is O=S(O)CCCc1cccc(Cl)c1. The molecule has 0 spiro atoms. The third-order valence-corrected chi connectivity index (χ3v) is 2.55. The van der Waals surface area contributed by atoms with Gasteiger partial charge in [-0.15, -0.1) is 0 Å². The van der Waals surface area contributed by atoms with E-state index in [1.165, 1.54) is 0 Å². The highest BCUT2D eigenvalue weighted by atomic mass is 35.5. The molecule has 1 N–H and O–H groups in total. The van der Waals surface area contributed by atoms with Crippen LogP contribution in [0.4, 0.5) is 0 Å². The van der Waals surface area contributed by atoms with E-state index in [-0.39, 0.29) is 0 Å². The predicted molar refractivity (Wildman–Crippen MR) is 55.4 cm³/mol. The summed E-state index contributed by atoms with van der Waals surface area (Å²) in [5.41, 5.74) is 1.11. The van der Waals surface area contributed by atoms with Gasteiger partial charge in [-0.3, -0.25) is 0 Å². The first kappa shape index (κ1) is 10.7. The van der Waals surface area contributed by atoms with E-state index in [0.717, 1.165) is 12.0 Å². The van der Waals surface area contributed by atoms with Crippen LogP contribution >= 0.6 is 11.6 Å². The molecule has 1 rings (SSSR count). The van der Waals surface area contributed by atoms with Crippen molar-refractivity contribution in [2.24, 2.45) is 0 Å². The molecule has 1 atom stereocenters. The summed E-state index contributed by atoms with van der Waals surface area (Å²) in [4.78, 5) is 0. The van der Waals surface area contributed by atoms with Crippen molar-refractivity contribution in [2.45, 2.75) is 12.8 Å². The molecule has 0 aromatic heterocycles. The fourth-order valence-corrected chi connectivity index (χ4v) is 1.70. The van der Waals surface area contributed by atoms with Crippen molar-refractivity contribution < 1.29 is 8.76 Å². The van der Waals surface area contributed by atoms with Crippen molar-refractivity contribution in [3.63, 3.8) is 0 Å². The summed E-state index contributed by atoms with van der Waals surface area (Å²) < 4.78 is 18.9. The molecule has 1 aromatic carbocycles. The zero-order chi connectivity index (χ0) is 9.68. The molecule has 0 bridgehead atoms. The maximum absolute atomic E-state index is 10.3. The van der Waals surface area contributed by atoms with Crippen LogP contribution in [0.3, 0.4) is 0 Å². The molecular formula is C9H11ClO2S. The van der Waals surface area contributed by atoms with Crippen molar-refractivity contribution in [1.82, 2.24) is 0 Å². The molecule has 0 fully saturated rings. The zero-order valence-corrected chi connectivity index (χ0v) is 8.64. The van der Waals surface area contributed by atoms with Gasteiger partial charge in [0, 0.05) is 10.8 Å². The number of benzene rings is 1. The molecule has 0 amide bonds. The minimum absolute atomic E-state index is 0.326. The van der Waals surface area contributed by atoms with E-state index < -0.39 is 11.1 Å². The highest BCUT2D eigenvalue weighted by Gasteiger charge is 1.96. The highest BCUT2D eigenvalue weighted by Crippen LogP contribution is 2.12. The Morgan fingerprint density at radius 3 is 2.85 bits per heavy atom. The van der Waals surface area contributed by atoms with E-state index >= 15 is 0 Å². The van der Waals surface area contributed by atoms with Crippen molar-refractivity contribution in [3.8, 4) is 0 Å². The second kappa shape index (κ2) is 5.37. The molecule has 72 valence electrons. The fraction of sp³-hybridized carbons (Fsp3) is 0.333. The van der Waals surface area contributed by atoms with Crippen LogP contribution in [0, 0.1) is 0 Å². The second-order valence-corrected chi connectivity index (χ2v) is 4.25. The van der Waals surface area contributed by atoms with Crippen molar-refractivity contribution in [3.05, 3.63) is 34.9 Å². The predicted octanol–water partition coefficient (Wildman–Crippen LogP) is 2.49. The van der Waals surface area contributed by atoms with Crippen LogP contribution in [0.1, 0.15) is 12.0 Å². The Balaban J connectivity index is 2.41. The molecule has 0 saturated heterocycles.